The lowest BCUT2D eigenvalue weighted by atomic mass is 9.38. The van der Waals surface area contributed by atoms with Crippen LogP contribution >= 0.6 is 11.6 Å². The predicted octanol–water partition coefficient (Wildman–Crippen LogP) is 4.44. The molecule has 1 aromatic heterocycles. The number of pyridine rings is 1. The maximum Gasteiger partial charge on any atom is 0.270 e. The molecule has 4 aliphatic carbocycles. The number of aromatic nitrogens is 1. The molecule has 2 aromatic rings. The summed E-state index contributed by atoms with van der Waals surface area (Å²) in [6.07, 6.45) is 7.12. The standard InChI is InChI=1S/C24H24ClFN2O3/c25-18-7-6-17(9-19(18)26)31-11-16(29)10-23-12-24(13-23,14-23)28-22(30)21-8-5-15-3-1-2-4-20(15)27-21/h5-9H,1-4,10-14H2,(H,28,30). The highest BCUT2D eigenvalue weighted by atomic mass is 35.5. The minimum absolute atomic E-state index is 0.0190. The smallest absolute Gasteiger partial charge is 0.270 e. The minimum atomic E-state index is -0.572. The molecule has 162 valence electrons. The molecule has 1 N–H and O–H groups in total. The zero-order chi connectivity index (χ0) is 21.6. The Bertz CT molecular complexity index is 1050. The summed E-state index contributed by atoms with van der Waals surface area (Å²) < 4.78 is 18.9. The highest BCUT2D eigenvalue weighted by Crippen LogP contribution is 2.69. The highest BCUT2D eigenvalue weighted by Gasteiger charge is 2.68. The Labute approximate surface area is 185 Å². The van der Waals surface area contributed by atoms with E-state index >= 15 is 0 Å². The second-order valence-corrected chi connectivity index (χ2v) is 9.76. The lowest BCUT2D eigenvalue weighted by molar-refractivity contribution is -0.162. The number of halogens is 2. The van der Waals surface area contributed by atoms with E-state index in [-0.39, 0.29) is 40.0 Å². The Morgan fingerprint density at radius 3 is 2.68 bits per heavy atom. The van der Waals surface area contributed by atoms with Gasteiger partial charge in [0.2, 0.25) is 0 Å². The van der Waals surface area contributed by atoms with Gasteiger partial charge < -0.3 is 10.1 Å². The second-order valence-electron chi connectivity index (χ2n) is 9.35. The maximum atomic E-state index is 13.5. The molecule has 0 atom stereocenters. The Morgan fingerprint density at radius 2 is 1.90 bits per heavy atom. The topological polar surface area (TPSA) is 68.3 Å². The van der Waals surface area contributed by atoms with E-state index in [0.29, 0.717) is 12.1 Å². The lowest BCUT2D eigenvalue weighted by Crippen LogP contribution is -2.75. The molecule has 3 fully saturated rings. The Balaban J connectivity index is 1.10. The molecule has 1 amide bonds. The molecular formula is C24H24ClFN2O3. The number of ether oxygens (including phenoxy) is 1. The van der Waals surface area contributed by atoms with Gasteiger partial charge in [0.15, 0.2) is 5.78 Å². The second kappa shape index (κ2) is 7.59. The number of nitrogens with zero attached hydrogens (tertiary/aromatic N) is 1. The van der Waals surface area contributed by atoms with Crippen molar-refractivity contribution in [3.63, 3.8) is 0 Å². The van der Waals surface area contributed by atoms with Crippen molar-refractivity contribution >= 4 is 23.3 Å². The third kappa shape index (κ3) is 3.93. The van der Waals surface area contributed by atoms with Crippen molar-refractivity contribution in [3.05, 3.63) is 58.1 Å². The van der Waals surface area contributed by atoms with Crippen LogP contribution in [-0.4, -0.2) is 28.8 Å². The molecule has 0 saturated heterocycles. The van der Waals surface area contributed by atoms with Gasteiger partial charge in [0.1, 0.15) is 23.9 Å². The van der Waals surface area contributed by atoms with Gasteiger partial charge in [0, 0.05) is 23.7 Å². The quantitative estimate of drug-likeness (QED) is 0.688. The summed E-state index contributed by atoms with van der Waals surface area (Å²) in [5, 5.41) is 3.17. The largest absolute Gasteiger partial charge is 0.486 e. The molecule has 0 aliphatic heterocycles. The minimum Gasteiger partial charge on any atom is -0.486 e. The van der Waals surface area contributed by atoms with Crippen LogP contribution in [0.5, 0.6) is 5.75 Å². The van der Waals surface area contributed by atoms with Gasteiger partial charge >= 0.3 is 0 Å². The summed E-state index contributed by atoms with van der Waals surface area (Å²) >= 11 is 5.65. The van der Waals surface area contributed by atoms with E-state index in [2.05, 4.69) is 10.3 Å². The van der Waals surface area contributed by atoms with Gasteiger partial charge in [-0.2, -0.15) is 0 Å². The van der Waals surface area contributed by atoms with E-state index in [1.54, 1.807) is 6.07 Å². The molecule has 1 heterocycles. The number of ketones is 1. The molecular weight excluding hydrogens is 419 g/mol. The van der Waals surface area contributed by atoms with Gasteiger partial charge in [-0.1, -0.05) is 17.7 Å². The van der Waals surface area contributed by atoms with E-state index in [0.717, 1.165) is 44.2 Å². The first-order chi connectivity index (χ1) is 14.9. The van der Waals surface area contributed by atoms with E-state index in [1.165, 1.54) is 24.1 Å². The number of aryl methyl sites for hydroxylation is 2. The van der Waals surface area contributed by atoms with Crippen molar-refractivity contribution in [1.82, 2.24) is 10.3 Å². The van der Waals surface area contributed by atoms with Crippen LogP contribution < -0.4 is 10.1 Å². The number of rotatable bonds is 7. The molecule has 0 unspecified atom stereocenters. The van der Waals surface area contributed by atoms with Gasteiger partial charge in [-0.15, -0.1) is 0 Å². The summed E-state index contributed by atoms with van der Waals surface area (Å²) in [5.41, 5.74) is 2.56. The zero-order valence-electron chi connectivity index (χ0n) is 17.2. The Morgan fingerprint density at radius 1 is 1.13 bits per heavy atom. The van der Waals surface area contributed by atoms with Gasteiger partial charge in [0.25, 0.3) is 5.91 Å². The Hall–Kier alpha value is -2.47. The SMILES string of the molecule is O=C(COc1ccc(Cl)c(F)c1)CC12CC(NC(=O)c3ccc4c(n3)CCCC4)(C1)C2. The van der Waals surface area contributed by atoms with Crippen LogP contribution in [-0.2, 0) is 17.6 Å². The summed E-state index contributed by atoms with van der Waals surface area (Å²) in [6, 6.07) is 7.98. The first-order valence-corrected chi connectivity index (χ1v) is 11.1. The van der Waals surface area contributed by atoms with Crippen LogP contribution in [0.3, 0.4) is 0 Å². The molecule has 6 rings (SSSR count). The molecule has 31 heavy (non-hydrogen) atoms. The van der Waals surface area contributed by atoms with Crippen LogP contribution in [0.4, 0.5) is 4.39 Å². The third-order valence-corrected chi connectivity index (χ3v) is 7.10. The fourth-order valence-electron chi connectivity index (χ4n) is 5.53. The van der Waals surface area contributed by atoms with Crippen molar-refractivity contribution in [2.24, 2.45) is 5.41 Å². The molecule has 4 aliphatic rings. The Kier molecular flexibility index (Phi) is 5.00. The number of amides is 1. The van der Waals surface area contributed by atoms with Gasteiger partial charge in [0.05, 0.1) is 5.02 Å². The van der Waals surface area contributed by atoms with Crippen LogP contribution in [0, 0.1) is 11.2 Å². The van der Waals surface area contributed by atoms with Crippen molar-refractivity contribution in [2.45, 2.75) is 56.9 Å². The summed E-state index contributed by atoms with van der Waals surface area (Å²) in [5.74, 6) is -0.432. The predicted molar refractivity (Wildman–Crippen MR) is 114 cm³/mol. The summed E-state index contributed by atoms with van der Waals surface area (Å²) in [4.78, 5) is 29.6. The number of carbonyl (C=O) groups is 2. The van der Waals surface area contributed by atoms with Crippen LogP contribution in [0.1, 0.15) is 60.3 Å². The monoisotopic (exact) mass is 442 g/mol. The molecule has 7 heteroatoms. The lowest BCUT2D eigenvalue weighted by Gasteiger charge is -2.70. The van der Waals surface area contributed by atoms with E-state index < -0.39 is 5.82 Å². The van der Waals surface area contributed by atoms with Crippen molar-refractivity contribution in [3.8, 4) is 5.75 Å². The molecule has 0 radical (unpaired) electrons. The molecule has 0 spiro atoms. The number of carbonyl (C=O) groups excluding carboxylic acids is 2. The number of benzene rings is 1. The van der Waals surface area contributed by atoms with Gasteiger partial charge in [-0.3, -0.25) is 9.59 Å². The number of nitrogens with one attached hydrogen (secondary N) is 1. The first-order valence-electron chi connectivity index (χ1n) is 10.8. The number of hydrogen-bond acceptors (Lipinski definition) is 4. The van der Waals surface area contributed by atoms with Crippen LogP contribution in [0.15, 0.2) is 30.3 Å². The molecule has 2 bridgehead atoms. The highest BCUT2D eigenvalue weighted by molar-refractivity contribution is 6.30. The number of Topliss-reactive ketones (excluding diaryl/α,β-unsaturated/α-hetero) is 1. The average Bonchev–Trinajstić information content (AvgIpc) is 2.71. The molecule has 5 nitrogen and oxygen atoms in total. The van der Waals surface area contributed by atoms with E-state index in [9.17, 15) is 14.0 Å². The molecule has 1 aromatic carbocycles. The van der Waals surface area contributed by atoms with Gasteiger partial charge in [-0.25, -0.2) is 9.37 Å². The fourth-order valence-corrected chi connectivity index (χ4v) is 5.65. The van der Waals surface area contributed by atoms with Crippen LogP contribution in [0.2, 0.25) is 5.02 Å². The van der Waals surface area contributed by atoms with E-state index in [1.807, 2.05) is 12.1 Å². The zero-order valence-corrected chi connectivity index (χ0v) is 17.9. The number of hydrogen-bond donors (Lipinski definition) is 1. The first kappa shape index (κ1) is 20.4. The fraction of sp³-hybridized carbons (Fsp3) is 0.458. The van der Waals surface area contributed by atoms with Crippen molar-refractivity contribution in [2.75, 3.05) is 6.61 Å². The van der Waals surface area contributed by atoms with Gasteiger partial charge in [-0.05, 0) is 74.1 Å². The van der Waals surface area contributed by atoms with Crippen LogP contribution in [0.25, 0.3) is 0 Å². The number of fused-ring (bicyclic) bond motifs is 1. The maximum absolute atomic E-state index is 13.5. The van der Waals surface area contributed by atoms with E-state index in [4.69, 9.17) is 16.3 Å². The normalized spacial score (nSPS) is 25.6. The van der Waals surface area contributed by atoms with Crippen molar-refractivity contribution < 1.29 is 18.7 Å². The summed E-state index contributed by atoms with van der Waals surface area (Å²) in [7, 11) is 0. The summed E-state index contributed by atoms with van der Waals surface area (Å²) in [6.45, 7) is -0.0960. The average molecular weight is 443 g/mol. The van der Waals surface area contributed by atoms with Crippen molar-refractivity contribution in [1.29, 1.82) is 0 Å². The third-order valence-electron chi connectivity index (χ3n) is 6.79. The molecule has 3 saturated carbocycles.